The van der Waals surface area contributed by atoms with Crippen LogP contribution in [0.3, 0.4) is 0 Å². The van der Waals surface area contributed by atoms with E-state index in [2.05, 4.69) is 27.4 Å². The molecule has 0 bridgehead atoms. The molecule has 0 saturated heterocycles. The van der Waals surface area contributed by atoms with Crippen molar-refractivity contribution >= 4 is 29.9 Å². The molecular formula is C10H23IN4O. The number of aliphatic hydroxyl groups is 1. The zero-order chi connectivity index (χ0) is 10.9. The Kier molecular flexibility index (Phi) is 10.0. The van der Waals surface area contributed by atoms with Crippen LogP contribution < -0.4 is 10.6 Å². The molecule has 1 heterocycles. The number of nitrogens with zero attached hydrogens (tertiary/aromatic N) is 2. The third kappa shape index (κ3) is 6.49. The predicted octanol–water partition coefficient (Wildman–Crippen LogP) is -0.142. The van der Waals surface area contributed by atoms with Crippen LogP contribution in [0.2, 0.25) is 0 Å². The number of hydrogen-bond donors (Lipinski definition) is 3. The maximum Gasteiger partial charge on any atom is 0.191 e. The van der Waals surface area contributed by atoms with Gasteiger partial charge in [-0.05, 0) is 13.0 Å². The van der Waals surface area contributed by atoms with Gasteiger partial charge in [-0.3, -0.25) is 9.89 Å². The molecule has 0 atom stereocenters. The van der Waals surface area contributed by atoms with Gasteiger partial charge < -0.3 is 15.7 Å². The van der Waals surface area contributed by atoms with Gasteiger partial charge in [0.1, 0.15) is 0 Å². The molecule has 3 N–H and O–H groups in total. The van der Waals surface area contributed by atoms with E-state index in [1.165, 1.54) is 0 Å². The summed E-state index contributed by atoms with van der Waals surface area (Å²) in [5.41, 5.74) is 0. The molecule has 0 spiro atoms. The van der Waals surface area contributed by atoms with Gasteiger partial charge in [-0.1, -0.05) is 6.92 Å². The molecule has 0 unspecified atom stereocenters. The fourth-order valence-corrected chi connectivity index (χ4v) is 1.55. The van der Waals surface area contributed by atoms with Crippen molar-refractivity contribution in [2.45, 2.75) is 13.3 Å². The molecule has 0 aromatic carbocycles. The number of aliphatic hydroxyl groups excluding tert-OH is 1. The molecule has 0 aromatic heterocycles. The lowest BCUT2D eigenvalue weighted by Gasteiger charge is -2.21. The largest absolute Gasteiger partial charge is 0.395 e. The molecule has 1 aliphatic rings. The second-order valence-corrected chi connectivity index (χ2v) is 3.60. The van der Waals surface area contributed by atoms with Gasteiger partial charge >= 0.3 is 0 Å². The molecule has 1 aliphatic heterocycles. The Labute approximate surface area is 115 Å². The number of nitrogens with one attached hydrogen (secondary N) is 2. The number of aliphatic imine (C=N–C) groups is 1. The van der Waals surface area contributed by atoms with Crippen molar-refractivity contribution < 1.29 is 5.11 Å². The van der Waals surface area contributed by atoms with Gasteiger partial charge in [-0.25, -0.2) is 0 Å². The molecule has 16 heavy (non-hydrogen) atoms. The van der Waals surface area contributed by atoms with Crippen molar-refractivity contribution in [2.75, 3.05) is 45.9 Å². The van der Waals surface area contributed by atoms with Gasteiger partial charge in [-0.15, -0.1) is 24.0 Å². The first kappa shape index (κ1) is 15.9. The van der Waals surface area contributed by atoms with E-state index in [4.69, 9.17) is 5.11 Å². The van der Waals surface area contributed by atoms with Crippen LogP contribution in [0.1, 0.15) is 13.3 Å². The summed E-state index contributed by atoms with van der Waals surface area (Å²) in [6, 6.07) is 0. The lowest BCUT2D eigenvalue weighted by Crippen LogP contribution is -2.44. The van der Waals surface area contributed by atoms with E-state index in [-0.39, 0.29) is 30.6 Å². The summed E-state index contributed by atoms with van der Waals surface area (Å²) >= 11 is 0. The van der Waals surface area contributed by atoms with Gasteiger partial charge in [0.25, 0.3) is 0 Å². The molecule has 5 nitrogen and oxygen atoms in total. The van der Waals surface area contributed by atoms with Gasteiger partial charge in [0.05, 0.1) is 6.61 Å². The summed E-state index contributed by atoms with van der Waals surface area (Å²) in [6.45, 7) is 7.81. The SMILES string of the molecule is CCN(CCO)CCNC1=NCCCN1.I. The Morgan fingerprint density at radius 2 is 2.31 bits per heavy atom. The first-order chi connectivity index (χ1) is 7.36. The van der Waals surface area contributed by atoms with E-state index < -0.39 is 0 Å². The minimum Gasteiger partial charge on any atom is -0.395 e. The van der Waals surface area contributed by atoms with Gasteiger partial charge in [0.15, 0.2) is 5.96 Å². The fourth-order valence-electron chi connectivity index (χ4n) is 1.55. The van der Waals surface area contributed by atoms with Crippen molar-refractivity contribution in [3.63, 3.8) is 0 Å². The van der Waals surface area contributed by atoms with E-state index in [0.717, 1.165) is 51.6 Å². The predicted molar refractivity (Wildman–Crippen MR) is 77.5 cm³/mol. The zero-order valence-corrected chi connectivity index (χ0v) is 12.2. The summed E-state index contributed by atoms with van der Waals surface area (Å²) in [5.74, 6) is 0.918. The van der Waals surface area contributed by atoms with Crippen LogP contribution in [0.4, 0.5) is 0 Å². The molecule has 96 valence electrons. The van der Waals surface area contributed by atoms with Crippen LogP contribution in [-0.4, -0.2) is 61.8 Å². The van der Waals surface area contributed by atoms with Crippen LogP contribution in [0.5, 0.6) is 0 Å². The molecule has 0 saturated carbocycles. The molecule has 0 aliphatic carbocycles. The van der Waals surface area contributed by atoms with E-state index in [0.29, 0.717) is 0 Å². The van der Waals surface area contributed by atoms with Crippen LogP contribution in [0.15, 0.2) is 4.99 Å². The molecular weight excluding hydrogens is 319 g/mol. The molecule has 0 fully saturated rings. The average molecular weight is 342 g/mol. The first-order valence-electron chi connectivity index (χ1n) is 5.72. The molecule has 6 heteroatoms. The maximum atomic E-state index is 8.82. The zero-order valence-electron chi connectivity index (χ0n) is 9.91. The van der Waals surface area contributed by atoms with Crippen molar-refractivity contribution in [2.24, 2.45) is 4.99 Å². The Morgan fingerprint density at radius 1 is 1.50 bits per heavy atom. The van der Waals surface area contributed by atoms with Crippen molar-refractivity contribution in [3.05, 3.63) is 0 Å². The Balaban J connectivity index is 0.00000225. The van der Waals surface area contributed by atoms with Gasteiger partial charge in [0, 0.05) is 32.7 Å². The lowest BCUT2D eigenvalue weighted by atomic mass is 10.4. The highest BCUT2D eigenvalue weighted by molar-refractivity contribution is 14.0. The highest BCUT2D eigenvalue weighted by Crippen LogP contribution is 1.88. The number of likely N-dealkylation sites (N-methyl/N-ethyl adjacent to an activating group) is 1. The van der Waals surface area contributed by atoms with E-state index in [9.17, 15) is 0 Å². The third-order valence-electron chi connectivity index (χ3n) is 2.48. The summed E-state index contributed by atoms with van der Waals surface area (Å²) in [4.78, 5) is 6.53. The Morgan fingerprint density at radius 3 is 2.88 bits per heavy atom. The average Bonchev–Trinajstić information content (AvgIpc) is 2.29. The van der Waals surface area contributed by atoms with Crippen molar-refractivity contribution in [3.8, 4) is 0 Å². The van der Waals surface area contributed by atoms with Crippen LogP contribution in [0.25, 0.3) is 0 Å². The van der Waals surface area contributed by atoms with Crippen molar-refractivity contribution in [1.29, 1.82) is 0 Å². The topological polar surface area (TPSA) is 59.9 Å². The smallest absolute Gasteiger partial charge is 0.191 e. The fraction of sp³-hybridized carbons (Fsp3) is 0.900. The monoisotopic (exact) mass is 342 g/mol. The number of rotatable bonds is 6. The summed E-state index contributed by atoms with van der Waals surface area (Å²) in [5, 5.41) is 15.3. The Bertz CT molecular complexity index is 201. The van der Waals surface area contributed by atoms with Crippen LogP contribution in [-0.2, 0) is 0 Å². The number of guanidine groups is 1. The van der Waals surface area contributed by atoms with Crippen LogP contribution >= 0.6 is 24.0 Å². The lowest BCUT2D eigenvalue weighted by molar-refractivity contribution is 0.204. The van der Waals surface area contributed by atoms with Gasteiger partial charge in [-0.2, -0.15) is 0 Å². The van der Waals surface area contributed by atoms with E-state index in [1.54, 1.807) is 0 Å². The molecule has 0 radical (unpaired) electrons. The minimum absolute atomic E-state index is 0. The van der Waals surface area contributed by atoms with Crippen LogP contribution in [0, 0.1) is 0 Å². The van der Waals surface area contributed by atoms with Gasteiger partial charge in [0.2, 0.25) is 0 Å². The van der Waals surface area contributed by atoms with E-state index in [1.807, 2.05) is 0 Å². The minimum atomic E-state index is 0. The van der Waals surface area contributed by atoms with E-state index >= 15 is 0 Å². The number of hydrogen-bond acceptors (Lipinski definition) is 5. The summed E-state index contributed by atoms with van der Waals surface area (Å²) in [7, 11) is 0. The summed E-state index contributed by atoms with van der Waals surface area (Å²) in [6.07, 6.45) is 1.12. The second-order valence-electron chi connectivity index (χ2n) is 3.60. The molecule has 0 amide bonds. The third-order valence-corrected chi connectivity index (χ3v) is 2.48. The first-order valence-corrected chi connectivity index (χ1v) is 5.72. The Hall–Kier alpha value is -0.0800. The quantitative estimate of drug-likeness (QED) is 0.588. The highest BCUT2D eigenvalue weighted by atomic mass is 127. The molecule has 1 rings (SSSR count). The normalized spacial score (nSPS) is 15.1. The summed E-state index contributed by atoms with van der Waals surface area (Å²) < 4.78 is 0. The standard InChI is InChI=1S/C10H22N4O.HI/c1-2-14(8-9-15)7-6-13-10-11-4-3-5-12-10;/h15H,2-9H2,1H3,(H2,11,12,13);1H. The molecule has 0 aromatic rings. The van der Waals surface area contributed by atoms with Crippen molar-refractivity contribution in [1.82, 2.24) is 15.5 Å². The second kappa shape index (κ2) is 10.1. The number of halogens is 1. The maximum absolute atomic E-state index is 8.82. The highest BCUT2D eigenvalue weighted by Gasteiger charge is 2.04.